The highest BCUT2D eigenvalue weighted by molar-refractivity contribution is 5.94. The monoisotopic (exact) mass is 313 g/mol. The van der Waals surface area contributed by atoms with Gasteiger partial charge in [0.15, 0.2) is 11.5 Å². The zero-order chi connectivity index (χ0) is 16.7. The number of nitrogens with one attached hydrogen (secondary N) is 1. The van der Waals surface area contributed by atoms with Gasteiger partial charge in [-0.3, -0.25) is 0 Å². The van der Waals surface area contributed by atoms with Gasteiger partial charge in [0.2, 0.25) is 0 Å². The van der Waals surface area contributed by atoms with Crippen LogP contribution in [0, 0.1) is 0 Å². The molecule has 2 aromatic carbocycles. The molecule has 5 nitrogen and oxygen atoms in total. The zero-order valence-electron chi connectivity index (χ0n) is 13.3. The van der Waals surface area contributed by atoms with Gasteiger partial charge in [-0.15, -0.1) is 0 Å². The fourth-order valence-electron chi connectivity index (χ4n) is 2.06. The highest BCUT2D eigenvalue weighted by atomic mass is 16.5. The minimum atomic E-state index is -0.433. The van der Waals surface area contributed by atoms with E-state index in [1.807, 2.05) is 36.4 Å². The number of anilines is 1. The Morgan fingerprint density at radius 2 is 1.65 bits per heavy atom. The lowest BCUT2D eigenvalue weighted by Crippen LogP contribution is -2.04. The van der Waals surface area contributed by atoms with E-state index < -0.39 is 5.97 Å². The molecule has 0 amide bonds. The topological polar surface area (TPSA) is 56.8 Å². The average Bonchev–Trinajstić information content (AvgIpc) is 2.61. The molecule has 0 aliphatic rings. The molecule has 0 fully saturated rings. The number of benzene rings is 2. The molecule has 0 atom stereocenters. The van der Waals surface area contributed by atoms with Crippen LogP contribution in [0.15, 0.2) is 54.6 Å². The Morgan fingerprint density at radius 3 is 2.26 bits per heavy atom. The van der Waals surface area contributed by atoms with E-state index in [1.165, 1.54) is 13.2 Å². The summed E-state index contributed by atoms with van der Waals surface area (Å²) in [4.78, 5) is 11.6. The van der Waals surface area contributed by atoms with E-state index in [1.54, 1.807) is 26.4 Å². The maximum absolute atomic E-state index is 11.6. The summed E-state index contributed by atoms with van der Waals surface area (Å²) < 4.78 is 15.2. The van der Waals surface area contributed by atoms with E-state index in [-0.39, 0.29) is 0 Å². The molecule has 120 valence electrons. The summed E-state index contributed by atoms with van der Waals surface area (Å²) in [6.45, 7) is 0. The van der Waals surface area contributed by atoms with E-state index in [0.717, 1.165) is 11.3 Å². The molecular formula is C18H19NO4. The number of methoxy groups -OCH3 is 3. The van der Waals surface area contributed by atoms with Crippen molar-refractivity contribution in [3.8, 4) is 11.5 Å². The van der Waals surface area contributed by atoms with E-state index in [4.69, 9.17) is 14.2 Å². The number of hydrogen-bond donors (Lipinski definition) is 1. The Hall–Kier alpha value is -2.95. The summed E-state index contributed by atoms with van der Waals surface area (Å²) in [7, 11) is 4.50. The molecule has 0 radical (unpaired) electrons. The van der Waals surface area contributed by atoms with Crippen LogP contribution < -0.4 is 14.8 Å². The smallest absolute Gasteiger partial charge is 0.332 e. The molecule has 2 rings (SSSR count). The molecule has 5 heteroatoms. The molecular weight excluding hydrogens is 294 g/mol. The van der Waals surface area contributed by atoms with Crippen molar-refractivity contribution in [1.29, 1.82) is 0 Å². The van der Waals surface area contributed by atoms with E-state index >= 15 is 0 Å². The highest BCUT2D eigenvalue weighted by Crippen LogP contribution is 2.31. The summed E-state index contributed by atoms with van der Waals surface area (Å²) in [5.74, 6) is 0.802. The second kappa shape index (κ2) is 7.89. The lowest BCUT2D eigenvalue weighted by molar-refractivity contribution is -0.134. The van der Waals surface area contributed by atoms with Gasteiger partial charge in [0.25, 0.3) is 0 Å². The average molecular weight is 313 g/mol. The molecule has 1 N–H and O–H groups in total. The van der Waals surface area contributed by atoms with Crippen molar-refractivity contribution in [3.05, 3.63) is 60.2 Å². The van der Waals surface area contributed by atoms with Crippen molar-refractivity contribution in [2.75, 3.05) is 26.6 Å². The van der Waals surface area contributed by atoms with E-state index in [2.05, 4.69) is 5.32 Å². The van der Waals surface area contributed by atoms with Gasteiger partial charge in [0, 0.05) is 17.8 Å². The molecule has 0 aliphatic carbocycles. The van der Waals surface area contributed by atoms with Gasteiger partial charge in [-0.1, -0.05) is 30.3 Å². The van der Waals surface area contributed by atoms with Crippen molar-refractivity contribution in [2.24, 2.45) is 0 Å². The van der Waals surface area contributed by atoms with Gasteiger partial charge in [0.1, 0.15) is 0 Å². The lowest BCUT2D eigenvalue weighted by atomic mass is 10.1. The van der Waals surface area contributed by atoms with Gasteiger partial charge >= 0.3 is 5.97 Å². The van der Waals surface area contributed by atoms with Crippen LogP contribution in [0.4, 0.5) is 5.69 Å². The van der Waals surface area contributed by atoms with Crippen LogP contribution in [0.1, 0.15) is 5.56 Å². The predicted octanol–water partition coefficient (Wildman–Crippen LogP) is 3.33. The third-order valence-electron chi connectivity index (χ3n) is 3.21. The van der Waals surface area contributed by atoms with Crippen LogP contribution in [0.5, 0.6) is 11.5 Å². The Labute approximate surface area is 135 Å². The van der Waals surface area contributed by atoms with Crippen LogP contribution in [0.3, 0.4) is 0 Å². The van der Waals surface area contributed by atoms with Crippen molar-refractivity contribution >= 4 is 17.4 Å². The minimum absolute atomic E-state index is 0.433. The first kappa shape index (κ1) is 16.4. The van der Waals surface area contributed by atoms with Crippen LogP contribution in [-0.2, 0) is 9.53 Å². The summed E-state index contributed by atoms with van der Waals surface area (Å²) in [5, 5.41) is 3.21. The second-order valence-electron chi connectivity index (χ2n) is 4.64. The Balaban J connectivity index is 2.35. The summed E-state index contributed by atoms with van der Waals surface area (Å²) in [6, 6.07) is 15.0. The third-order valence-corrected chi connectivity index (χ3v) is 3.21. The van der Waals surface area contributed by atoms with E-state index in [9.17, 15) is 4.79 Å². The maximum atomic E-state index is 11.6. The Morgan fingerprint density at radius 1 is 0.957 bits per heavy atom. The number of rotatable bonds is 6. The fourth-order valence-corrected chi connectivity index (χ4v) is 2.06. The minimum Gasteiger partial charge on any atom is -0.493 e. The normalized spacial score (nSPS) is 10.8. The zero-order valence-corrected chi connectivity index (χ0v) is 13.3. The SMILES string of the molecule is COC(=O)C=C(Nc1ccc(OC)c(OC)c1)c1ccccc1. The molecule has 0 unspecified atom stereocenters. The quantitative estimate of drug-likeness (QED) is 0.655. The third kappa shape index (κ3) is 4.26. The molecule has 0 saturated carbocycles. The molecule has 0 aromatic heterocycles. The van der Waals surface area contributed by atoms with Crippen molar-refractivity contribution < 1.29 is 19.0 Å². The first-order valence-corrected chi connectivity index (χ1v) is 7.02. The Kier molecular flexibility index (Phi) is 5.63. The number of ether oxygens (including phenoxy) is 3. The van der Waals surface area contributed by atoms with Crippen molar-refractivity contribution in [1.82, 2.24) is 0 Å². The Bertz CT molecular complexity index is 695. The molecule has 0 aliphatic heterocycles. The molecule has 2 aromatic rings. The summed E-state index contributed by atoms with van der Waals surface area (Å²) >= 11 is 0. The highest BCUT2D eigenvalue weighted by Gasteiger charge is 2.09. The number of esters is 1. The number of carbonyl (C=O) groups excluding carboxylic acids is 1. The maximum Gasteiger partial charge on any atom is 0.332 e. The molecule has 0 saturated heterocycles. The lowest BCUT2D eigenvalue weighted by Gasteiger charge is -2.14. The predicted molar refractivity (Wildman–Crippen MR) is 89.6 cm³/mol. The molecule has 23 heavy (non-hydrogen) atoms. The fraction of sp³-hybridized carbons (Fsp3) is 0.167. The van der Waals surface area contributed by atoms with Crippen molar-refractivity contribution in [3.63, 3.8) is 0 Å². The standard InChI is InChI=1S/C18H19NO4/c1-21-16-10-9-14(11-17(16)22-2)19-15(12-18(20)23-3)13-7-5-4-6-8-13/h4-12,19H,1-3H3. The summed E-state index contributed by atoms with van der Waals surface area (Å²) in [6.07, 6.45) is 1.41. The van der Waals surface area contributed by atoms with Gasteiger partial charge in [-0.05, 0) is 17.7 Å². The van der Waals surface area contributed by atoms with E-state index in [0.29, 0.717) is 17.2 Å². The van der Waals surface area contributed by atoms with Crippen molar-refractivity contribution in [2.45, 2.75) is 0 Å². The molecule has 0 bridgehead atoms. The van der Waals surface area contributed by atoms with Crippen LogP contribution in [0.2, 0.25) is 0 Å². The number of carbonyl (C=O) groups is 1. The largest absolute Gasteiger partial charge is 0.493 e. The van der Waals surface area contributed by atoms with Gasteiger partial charge < -0.3 is 19.5 Å². The van der Waals surface area contributed by atoms with Crippen LogP contribution in [-0.4, -0.2) is 27.3 Å². The number of hydrogen-bond acceptors (Lipinski definition) is 5. The van der Waals surface area contributed by atoms with Gasteiger partial charge in [0.05, 0.1) is 27.0 Å². The van der Waals surface area contributed by atoms with Gasteiger partial charge in [-0.25, -0.2) is 4.79 Å². The molecule has 0 heterocycles. The first-order chi connectivity index (χ1) is 11.2. The van der Waals surface area contributed by atoms with Crippen LogP contribution >= 0.6 is 0 Å². The first-order valence-electron chi connectivity index (χ1n) is 7.02. The molecule has 0 spiro atoms. The summed E-state index contributed by atoms with van der Waals surface area (Å²) in [5.41, 5.74) is 2.26. The second-order valence-corrected chi connectivity index (χ2v) is 4.64. The van der Waals surface area contributed by atoms with Gasteiger partial charge in [-0.2, -0.15) is 0 Å². The van der Waals surface area contributed by atoms with Crippen LogP contribution in [0.25, 0.3) is 5.70 Å².